The fraction of sp³-hybridized carbons (Fsp3) is 0.400. The summed E-state index contributed by atoms with van der Waals surface area (Å²) in [6.07, 6.45) is -0.589. The number of ether oxygens (including phenoxy) is 5. The number of benzene rings is 2. The van der Waals surface area contributed by atoms with Gasteiger partial charge < -0.3 is 29.4 Å². The van der Waals surface area contributed by atoms with Crippen molar-refractivity contribution >= 4 is 29.4 Å². The van der Waals surface area contributed by atoms with Gasteiger partial charge in [-0.1, -0.05) is 0 Å². The van der Waals surface area contributed by atoms with Crippen LogP contribution in [0.5, 0.6) is 11.5 Å². The number of methoxy groups -OCH3 is 2. The van der Waals surface area contributed by atoms with E-state index < -0.39 is 23.6 Å². The summed E-state index contributed by atoms with van der Waals surface area (Å²) in [6.45, 7) is 9.89. The van der Waals surface area contributed by atoms with Gasteiger partial charge in [-0.2, -0.15) is 0 Å². The topological polar surface area (TPSA) is 135 Å². The van der Waals surface area contributed by atoms with Gasteiger partial charge in [-0.15, -0.1) is 0 Å². The van der Waals surface area contributed by atoms with E-state index in [1.807, 2.05) is 13.8 Å². The molecule has 0 fully saturated rings. The molecule has 0 saturated heterocycles. The number of anilines is 2. The highest BCUT2D eigenvalue weighted by atomic mass is 16.6. The Morgan fingerprint density at radius 2 is 1.31 bits per heavy atom. The summed E-state index contributed by atoms with van der Waals surface area (Å²) in [5, 5.41) is 2.60. The van der Waals surface area contributed by atoms with Crippen LogP contribution in [0.4, 0.5) is 16.2 Å². The highest BCUT2D eigenvalue weighted by Gasteiger charge is 2.18. The quantitative estimate of drug-likeness (QED) is 0.322. The predicted octanol–water partition coefficient (Wildman–Crippen LogP) is 4.67. The van der Waals surface area contributed by atoms with E-state index in [0.29, 0.717) is 47.2 Å². The molecule has 1 amide bonds. The van der Waals surface area contributed by atoms with Crippen molar-refractivity contribution in [2.24, 2.45) is 0 Å². The van der Waals surface area contributed by atoms with E-state index in [1.54, 1.807) is 51.1 Å². The van der Waals surface area contributed by atoms with Crippen LogP contribution in [0, 0.1) is 0 Å². The first-order valence-corrected chi connectivity index (χ1v) is 10.9. The Hall–Kier alpha value is -3.95. The smallest absolute Gasteiger partial charge is 0.412 e. The summed E-state index contributed by atoms with van der Waals surface area (Å²) in [4.78, 5) is 34.4. The Balaban J connectivity index is 0.000000379. The Labute approximate surface area is 205 Å². The molecule has 35 heavy (non-hydrogen) atoms. The van der Waals surface area contributed by atoms with E-state index in [4.69, 9.17) is 19.9 Å². The van der Waals surface area contributed by atoms with Crippen molar-refractivity contribution in [3.05, 3.63) is 47.5 Å². The molecule has 0 aliphatic rings. The number of hydrogen-bond donors (Lipinski definition) is 2. The number of esters is 2. The fourth-order valence-corrected chi connectivity index (χ4v) is 2.62. The van der Waals surface area contributed by atoms with Crippen molar-refractivity contribution < 1.29 is 38.1 Å². The lowest BCUT2D eigenvalue weighted by Gasteiger charge is -2.20. The Bertz CT molecular complexity index is 1020. The Morgan fingerprint density at radius 3 is 1.80 bits per heavy atom. The first-order chi connectivity index (χ1) is 16.4. The maximum Gasteiger partial charge on any atom is 0.412 e. The van der Waals surface area contributed by atoms with Crippen LogP contribution in [0.2, 0.25) is 0 Å². The van der Waals surface area contributed by atoms with Crippen molar-refractivity contribution in [2.45, 2.75) is 40.2 Å². The van der Waals surface area contributed by atoms with Crippen LogP contribution in [-0.2, 0) is 14.2 Å². The highest BCUT2D eigenvalue weighted by Crippen LogP contribution is 2.27. The third-order valence-corrected chi connectivity index (χ3v) is 4.07. The molecule has 0 heterocycles. The molecular weight excluding hydrogens is 456 g/mol. The number of hydrogen-bond acceptors (Lipinski definition) is 9. The number of nitrogens with one attached hydrogen (secondary N) is 1. The predicted molar refractivity (Wildman–Crippen MR) is 132 cm³/mol. The van der Waals surface area contributed by atoms with Crippen LogP contribution in [0.1, 0.15) is 55.3 Å². The molecule has 0 aliphatic heterocycles. The van der Waals surface area contributed by atoms with Crippen molar-refractivity contribution in [1.82, 2.24) is 0 Å². The van der Waals surface area contributed by atoms with E-state index in [-0.39, 0.29) is 0 Å². The zero-order valence-corrected chi connectivity index (χ0v) is 21.2. The summed E-state index contributed by atoms with van der Waals surface area (Å²) in [7, 11) is 2.63. The average molecular weight is 491 g/mol. The van der Waals surface area contributed by atoms with Crippen molar-refractivity contribution in [1.29, 1.82) is 0 Å². The number of nitrogen functional groups attached to an aromatic ring is 1. The monoisotopic (exact) mass is 490 g/mol. The average Bonchev–Trinajstić information content (AvgIpc) is 2.80. The van der Waals surface area contributed by atoms with Gasteiger partial charge in [0.25, 0.3) is 0 Å². The Kier molecular flexibility index (Phi) is 11.4. The molecule has 10 heteroatoms. The summed E-state index contributed by atoms with van der Waals surface area (Å²) in [6, 6.07) is 9.43. The lowest BCUT2D eigenvalue weighted by Crippen LogP contribution is -2.27. The maximum absolute atomic E-state index is 11.8. The van der Waals surface area contributed by atoms with Crippen LogP contribution in [-0.4, -0.2) is 51.1 Å². The molecule has 2 rings (SSSR count). The summed E-state index contributed by atoms with van der Waals surface area (Å²) < 4.78 is 25.1. The molecular formula is C25H34N2O8. The number of carbonyl (C=O) groups excluding carboxylic acids is 3. The van der Waals surface area contributed by atoms with Crippen LogP contribution >= 0.6 is 0 Å². The first-order valence-electron chi connectivity index (χ1n) is 10.9. The van der Waals surface area contributed by atoms with Crippen LogP contribution in [0.25, 0.3) is 0 Å². The highest BCUT2D eigenvalue weighted by molar-refractivity contribution is 5.93. The van der Waals surface area contributed by atoms with Gasteiger partial charge in [0, 0.05) is 0 Å². The molecule has 0 bridgehead atoms. The lowest BCUT2D eigenvalue weighted by atomic mass is 10.2. The van der Waals surface area contributed by atoms with Crippen molar-refractivity contribution in [3.63, 3.8) is 0 Å². The Morgan fingerprint density at radius 1 is 0.829 bits per heavy atom. The minimum Gasteiger partial charge on any atom is -0.492 e. The molecule has 2 aromatic rings. The SMILES string of the molecule is CCOc1cc(C(=O)OC)ccc1N.CCOc1cc(C(=O)OC)ccc1NC(=O)OC(C)(C)C. The van der Waals surface area contributed by atoms with Gasteiger partial charge in [0.2, 0.25) is 0 Å². The van der Waals surface area contributed by atoms with E-state index in [9.17, 15) is 14.4 Å². The number of nitrogens with two attached hydrogens (primary N) is 1. The fourth-order valence-electron chi connectivity index (χ4n) is 2.62. The third-order valence-electron chi connectivity index (χ3n) is 4.07. The lowest BCUT2D eigenvalue weighted by molar-refractivity contribution is 0.0591. The molecule has 0 radical (unpaired) electrons. The van der Waals surface area contributed by atoms with Crippen molar-refractivity contribution in [3.8, 4) is 11.5 Å². The van der Waals surface area contributed by atoms with Gasteiger partial charge >= 0.3 is 18.0 Å². The minimum atomic E-state index is -0.595. The summed E-state index contributed by atoms with van der Waals surface area (Å²) in [5.41, 5.74) is 6.77. The number of rotatable bonds is 7. The van der Waals surface area contributed by atoms with Gasteiger partial charge in [0.05, 0.1) is 49.9 Å². The van der Waals surface area contributed by atoms with Crippen LogP contribution in [0.15, 0.2) is 36.4 Å². The zero-order valence-electron chi connectivity index (χ0n) is 21.2. The summed E-state index contributed by atoms with van der Waals surface area (Å²) >= 11 is 0. The molecule has 0 spiro atoms. The van der Waals surface area contributed by atoms with E-state index in [2.05, 4.69) is 14.8 Å². The second kappa shape index (κ2) is 13.7. The molecule has 0 aliphatic carbocycles. The molecule has 3 N–H and O–H groups in total. The van der Waals surface area contributed by atoms with Gasteiger partial charge in [0.1, 0.15) is 17.1 Å². The largest absolute Gasteiger partial charge is 0.492 e. The first kappa shape index (κ1) is 29.1. The van der Waals surface area contributed by atoms with E-state index in [0.717, 1.165) is 0 Å². The number of carbonyl (C=O) groups is 3. The van der Waals surface area contributed by atoms with Crippen LogP contribution in [0.3, 0.4) is 0 Å². The van der Waals surface area contributed by atoms with Crippen LogP contribution < -0.4 is 20.5 Å². The van der Waals surface area contributed by atoms with E-state index in [1.165, 1.54) is 20.3 Å². The van der Waals surface area contributed by atoms with Gasteiger partial charge in [-0.25, -0.2) is 14.4 Å². The standard InChI is InChI=1S/C15H21NO5.C10H13NO3/c1-6-20-12-9-10(13(17)19-5)7-8-11(12)16-14(18)21-15(2,3)4;1-3-14-9-6-7(10(12)13-2)4-5-8(9)11/h7-9H,6H2,1-5H3,(H,16,18);4-6H,3,11H2,1-2H3. The minimum absolute atomic E-state index is 0.343. The maximum atomic E-state index is 11.8. The van der Waals surface area contributed by atoms with Gasteiger partial charge in [0.15, 0.2) is 0 Å². The van der Waals surface area contributed by atoms with Crippen molar-refractivity contribution in [2.75, 3.05) is 38.5 Å². The normalized spacial score (nSPS) is 10.3. The molecule has 2 aromatic carbocycles. The van der Waals surface area contributed by atoms with Gasteiger partial charge in [-0.3, -0.25) is 5.32 Å². The number of amides is 1. The molecule has 0 atom stereocenters. The second-order valence-electron chi connectivity index (χ2n) is 7.94. The summed E-state index contributed by atoms with van der Waals surface area (Å²) in [5.74, 6) is 0.0207. The van der Waals surface area contributed by atoms with Gasteiger partial charge in [-0.05, 0) is 71.0 Å². The zero-order chi connectivity index (χ0) is 26.6. The molecule has 10 nitrogen and oxygen atoms in total. The second-order valence-corrected chi connectivity index (χ2v) is 7.94. The van der Waals surface area contributed by atoms with E-state index >= 15 is 0 Å². The molecule has 0 aromatic heterocycles. The molecule has 0 saturated carbocycles. The molecule has 192 valence electrons. The molecule has 0 unspecified atom stereocenters. The third kappa shape index (κ3) is 9.83.